The second kappa shape index (κ2) is 10.8. The summed E-state index contributed by atoms with van der Waals surface area (Å²) in [6.45, 7) is 8.53. The molecule has 42 heavy (non-hydrogen) atoms. The fourth-order valence-electron chi connectivity index (χ4n) is 6.31. The first-order chi connectivity index (χ1) is 20.0. The average Bonchev–Trinajstić information content (AvgIpc) is 3.30. The predicted molar refractivity (Wildman–Crippen MR) is 158 cm³/mol. The summed E-state index contributed by atoms with van der Waals surface area (Å²) in [7, 11) is -1.79. The number of carboxylic acids is 1. The maximum absolute atomic E-state index is 14.1. The number of hydrogen-bond donors (Lipinski definition) is 1. The molecular weight excluding hydrogens is 554 g/mol. The van der Waals surface area contributed by atoms with E-state index in [9.17, 15) is 18.3 Å². The Morgan fingerprint density at radius 2 is 1.90 bits per heavy atom. The summed E-state index contributed by atoms with van der Waals surface area (Å²) < 4.78 is 31.6. The average molecular weight is 590 g/mol. The minimum absolute atomic E-state index is 0.0427. The molecular formula is C30H35N7O4S. The van der Waals surface area contributed by atoms with Crippen LogP contribution in [-0.2, 0) is 21.4 Å². The van der Waals surface area contributed by atoms with E-state index in [1.54, 1.807) is 22.6 Å². The quantitative estimate of drug-likeness (QED) is 0.361. The largest absolute Gasteiger partial charge is 0.481 e. The standard InChI is InChI=1S/C30H35N7O4S/c1-19-7-8-22(26(15-28(38)39)25-9-11-36-21(3)32-33-29(36)20(25)2)14-23(19)16-35-18-24-17-34(4)12-13-37(24)30-27(42(35,40)41)6-5-10-31-30/h5-11,14,24,26H,12-13,15-18H2,1-4H3,(H,38,39)/t24-,26?/m1/s1. The number of piperazine rings is 1. The molecule has 0 amide bonds. The van der Waals surface area contributed by atoms with Gasteiger partial charge >= 0.3 is 5.97 Å². The highest BCUT2D eigenvalue weighted by atomic mass is 32.2. The Bertz CT molecular complexity index is 1790. The third kappa shape index (κ3) is 4.93. The van der Waals surface area contributed by atoms with Gasteiger partial charge in [0.25, 0.3) is 0 Å². The van der Waals surface area contributed by atoms with E-state index in [-0.39, 0.29) is 23.9 Å². The predicted octanol–water partition coefficient (Wildman–Crippen LogP) is 2.98. The number of hydrogen-bond acceptors (Lipinski definition) is 8. The molecule has 6 rings (SSSR count). The first-order valence-electron chi connectivity index (χ1n) is 14.1. The monoisotopic (exact) mass is 589 g/mol. The van der Waals surface area contributed by atoms with Crippen LogP contribution in [0, 0.1) is 20.8 Å². The lowest BCUT2D eigenvalue weighted by molar-refractivity contribution is -0.137. The van der Waals surface area contributed by atoms with Crippen molar-refractivity contribution in [3.8, 4) is 0 Å². The van der Waals surface area contributed by atoms with Gasteiger partial charge in [0.2, 0.25) is 10.0 Å². The van der Waals surface area contributed by atoms with Crippen molar-refractivity contribution in [2.24, 2.45) is 0 Å². The molecule has 1 fully saturated rings. The molecule has 0 radical (unpaired) electrons. The Labute approximate surface area is 245 Å². The van der Waals surface area contributed by atoms with E-state index in [0.29, 0.717) is 24.6 Å². The molecule has 5 heterocycles. The third-order valence-electron chi connectivity index (χ3n) is 8.66. The van der Waals surface area contributed by atoms with Gasteiger partial charge in [-0.3, -0.25) is 9.20 Å². The molecule has 12 heteroatoms. The van der Waals surface area contributed by atoms with Crippen LogP contribution in [0.5, 0.6) is 0 Å². The van der Waals surface area contributed by atoms with Crippen LogP contribution in [0.25, 0.3) is 5.65 Å². The number of anilines is 1. The molecule has 0 saturated carbocycles. The maximum atomic E-state index is 14.1. The van der Waals surface area contributed by atoms with Gasteiger partial charge < -0.3 is 14.9 Å². The van der Waals surface area contributed by atoms with E-state index in [2.05, 4.69) is 32.0 Å². The minimum atomic E-state index is -3.84. The molecule has 2 aliphatic rings. The SMILES string of the molecule is Cc1ccc(C(CC(=O)O)c2ccn3c(C)nnc3c2C)cc1CN1C[C@H]2CN(C)CCN2c2ncccc2S1(=O)=O. The summed E-state index contributed by atoms with van der Waals surface area (Å²) in [5, 5.41) is 18.4. The fraction of sp³-hybridized carbons (Fsp3) is 0.400. The number of carboxylic acid groups (broad SMARTS) is 1. The van der Waals surface area contributed by atoms with Gasteiger partial charge in [-0.1, -0.05) is 18.2 Å². The smallest absolute Gasteiger partial charge is 0.304 e. The Morgan fingerprint density at radius 3 is 2.69 bits per heavy atom. The molecule has 4 aromatic rings. The highest BCUT2D eigenvalue weighted by Crippen LogP contribution is 2.36. The van der Waals surface area contributed by atoms with E-state index in [1.165, 1.54) is 0 Å². The number of likely N-dealkylation sites (N-methyl/N-ethyl adjacent to an activating group) is 1. The molecule has 1 N–H and O–H groups in total. The molecule has 11 nitrogen and oxygen atoms in total. The second-order valence-electron chi connectivity index (χ2n) is 11.4. The summed E-state index contributed by atoms with van der Waals surface area (Å²) in [6.07, 6.45) is 3.41. The van der Waals surface area contributed by atoms with Gasteiger partial charge in [0, 0.05) is 51.0 Å². The number of aryl methyl sites for hydroxylation is 3. The lowest BCUT2D eigenvalue weighted by atomic mass is 9.85. The van der Waals surface area contributed by atoms with E-state index < -0.39 is 21.9 Å². The van der Waals surface area contributed by atoms with Gasteiger partial charge in [-0.25, -0.2) is 13.4 Å². The number of sulfonamides is 1. The molecule has 0 spiro atoms. The Hall–Kier alpha value is -3.87. The van der Waals surface area contributed by atoms with Crippen molar-refractivity contribution in [1.82, 2.24) is 28.8 Å². The molecule has 2 aliphatic heterocycles. The zero-order chi connectivity index (χ0) is 29.8. The zero-order valence-corrected chi connectivity index (χ0v) is 25.0. The first kappa shape index (κ1) is 28.3. The number of rotatable bonds is 6. The van der Waals surface area contributed by atoms with Crippen LogP contribution in [-0.4, -0.2) is 87.5 Å². The van der Waals surface area contributed by atoms with Crippen LogP contribution in [0.2, 0.25) is 0 Å². The number of benzene rings is 1. The summed E-state index contributed by atoms with van der Waals surface area (Å²) in [4.78, 5) is 21.2. The second-order valence-corrected chi connectivity index (χ2v) is 13.3. The summed E-state index contributed by atoms with van der Waals surface area (Å²) in [6, 6.07) is 11.1. The topological polar surface area (TPSA) is 124 Å². The highest BCUT2D eigenvalue weighted by Gasteiger charge is 2.40. The number of nitrogens with zero attached hydrogens (tertiary/aromatic N) is 7. The van der Waals surface area contributed by atoms with Crippen molar-refractivity contribution in [3.05, 3.63) is 82.4 Å². The van der Waals surface area contributed by atoms with Crippen molar-refractivity contribution < 1.29 is 18.3 Å². The Balaban J connectivity index is 1.40. The van der Waals surface area contributed by atoms with Crippen LogP contribution in [0.15, 0.2) is 53.7 Å². The summed E-state index contributed by atoms with van der Waals surface area (Å²) in [5.74, 6) is -0.0957. The van der Waals surface area contributed by atoms with Crippen molar-refractivity contribution >= 4 is 27.5 Å². The molecule has 220 valence electrons. The van der Waals surface area contributed by atoms with E-state index in [4.69, 9.17) is 0 Å². The van der Waals surface area contributed by atoms with Gasteiger partial charge in [0.05, 0.1) is 12.5 Å². The van der Waals surface area contributed by atoms with Crippen LogP contribution >= 0.6 is 0 Å². The molecule has 1 saturated heterocycles. The molecule has 2 atom stereocenters. The number of aliphatic carboxylic acids is 1. The van der Waals surface area contributed by atoms with E-state index in [1.807, 2.05) is 55.6 Å². The van der Waals surface area contributed by atoms with Crippen LogP contribution in [0.1, 0.15) is 46.0 Å². The maximum Gasteiger partial charge on any atom is 0.304 e. The fourth-order valence-corrected chi connectivity index (χ4v) is 7.91. The van der Waals surface area contributed by atoms with Crippen LogP contribution < -0.4 is 4.90 Å². The van der Waals surface area contributed by atoms with Crippen LogP contribution in [0.3, 0.4) is 0 Å². The molecule has 0 aliphatic carbocycles. The number of aromatic nitrogens is 4. The Morgan fingerprint density at radius 1 is 1.10 bits per heavy atom. The summed E-state index contributed by atoms with van der Waals surface area (Å²) in [5.41, 5.74) is 5.01. The lowest BCUT2D eigenvalue weighted by Crippen LogP contribution is -2.55. The van der Waals surface area contributed by atoms with Gasteiger partial charge in [0.15, 0.2) is 5.65 Å². The van der Waals surface area contributed by atoms with Gasteiger partial charge in [-0.2, -0.15) is 4.31 Å². The zero-order valence-electron chi connectivity index (χ0n) is 24.2. The summed E-state index contributed by atoms with van der Waals surface area (Å²) >= 11 is 0. The van der Waals surface area contributed by atoms with Crippen LogP contribution in [0.4, 0.5) is 5.82 Å². The third-order valence-corrected chi connectivity index (χ3v) is 10.5. The molecule has 3 aromatic heterocycles. The lowest BCUT2D eigenvalue weighted by Gasteiger charge is -2.40. The number of carbonyl (C=O) groups is 1. The van der Waals surface area contributed by atoms with Crippen molar-refractivity contribution in [1.29, 1.82) is 0 Å². The normalized spacial score (nSPS) is 19.7. The van der Waals surface area contributed by atoms with E-state index >= 15 is 0 Å². The Kier molecular flexibility index (Phi) is 7.24. The molecule has 1 unspecified atom stereocenters. The van der Waals surface area contributed by atoms with Crippen molar-refractivity contribution in [2.45, 2.75) is 50.6 Å². The highest BCUT2D eigenvalue weighted by molar-refractivity contribution is 7.89. The van der Waals surface area contributed by atoms with E-state index in [0.717, 1.165) is 46.7 Å². The van der Waals surface area contributed by atoms with Gasteiger partial charge in [-0.05, 0) is 73.8 Å². The number of pyridine rings is 2. The van der Waals surface area contributed by atoms with Gasteiger partial charge in [-0.15, -0.1) is 10.2 Å². The number of fused-ring (bicyclic) bond motifs is 4. The molecule has 0 bridgehead atoms. The van der Waals surface area contributed by atoms with Crippen molar-refractivity contribution in [3.63, 3.8) is 0 Å². The van der Waals surface area contributed by atoms with Crippen molar-refractivity contribution in [2.75, 3.05) is 38.1 Å². The minimum Gasteiger partial charge on any atom is -0.481 e. The van der Waals surface area contributed by atoms with Gasteiger partial charge in [0.1, 0.15) is 16.5 Å². The molecule has 1 aromatic carbocycles. The first-order valence-corrected chi connectivity index (χ1v) is 15.5.